The quantitative estimate of drug-likeness (QED) is 0.665. The van der Waals surface area contributed by atoms with E-state index >= 15 is 0 Å². The van der Waals surface area contributed by atoms with E-state index in [0.717, 1.165) is 74.1 Å². The fourth-order valence-corrected chi connectivity index (χ4v) is 4.07. The SMILES string of the molecule is COc1ccc(-c2nc(CN3CCN(CCCCC(=O)O)CC3)cs2)cc1. The number of benzene rings is 1. The molecule has 1 aliphatic rings. The predicted octanol–water partition coefficient (Wildman–Crippen LogP) is 3.19. The van der Waals surface area contributed by atoms with Crippen molar-refractivity contribution in [3.63, 3.8) is 0 Å². The lowest BCUT2D eigenvalue weighted by Crippen LogP contribution is -2.46. The number of aliphatic carboxylic acids is 1. The van der Waals surface area contributed by atoms with E-state index in [-0.39, 0.29) is 6.42 Å². The summed E-state index contributed by atoms with van der Waals surface area (Å²) >= 11 is 1.68. The van der Waals surface area contributed by atoms with Gasteiger partial charge in [-0.3, -0.25) is 9.69 Å². The average molecular weight is 390 g/mol. The zero-order valence-corrected chi connectivity index (χ0v) is 16.6. The maximum absolute atomic E-state index is 10.6. The Morgan fingerprint density at radius 2 is 1.85 bits per heavy atom. The summed E-state index contributed by atoms with van der Waals surface area (Å²) in [5.74, 6) is 0.161. The van der Waals surface area contributed by atoms with Gasteiger partial charge in [0, 0.05) is 50.1 Å². The Labute approximate surface area is 164 Å². The van der Waals surface area contributed by atoms with Crippen molar-refractivity contribution in [3.8, 4) is 16.3 Å². The Kier molecular flexibility index (Phi) is 7.20. The van der Waals surface area contributed by atoms with Crippen molar-refractivity contribution in [1.29, 1.82) is 0 Å². The second-order valence-corrected chi connectivity index (χ2v) is 7.70. The van der Waals surface area contributed by atoms with Crippen LogP contribution in [0, 0.1) is 0 Å². The van der Waals surface area contributed by atoms with Crippen LogP contribution in [-0.2, 0) is 11.3 Å². The molecule has 3 rings (SSSR count). The van der Waals surface area contributed by atoms with Gasteiger partial charge in [0.05, 0.1) is 12.8 Å². The first kappa shape index (κ1) is 19.8. The molecule has 0 unspecified atom stereocenters. The van der Waals surface area contributed by atoms with Crippen molar-refractivity contribution in [3.05, 3.63) is 35.3 Å². The summed E-state index contributed by atoms with van der Waals surface area (Å²) in [6.45, 7) is 6.05. The first-order valence-corrected chi connectivity index (χ1v) is 10.3. The molecule has 0 aliphatic carbocycles. The molecule has 0 bridgehead atoms. The summed E-state index contributed by atoms with van der Waals surface area (Å²) in [7, 11) is 1.67. The van der Waals surface area contributed by atoms with E-state index in [1.807, 2.05) is 24.3 Å². The number of carboxylic acid groups (broad SMARTS) is 1. The second-order valence-electron chi connectivity index (χ2n) is 6.84. The minimum absolute atomic E-state index is 0.278. The molecule has 1 aliphatic heterocycles. The zero-order valence-electron chi connectivity index (χ0n) is 15.8. The molecule has 27 heavy (non-hydrogen) atoms. The van der Waals surface area contributed by atoms with Gasteiger partial charge < -0.3 is 14.7 Å². The lowest BCUT2D eigenvalue weighted by Gasteiger charge is -2.34. The van der Waals surface area contributed by atoms with Crippen LogP contribution in [0.3, 0.4) is 0 Å². The van der Waals surface area contributed by atoms with Gasteiger partial charge in [0.15, 0.2) is 0 Å². The van der Waals surface area contributed by atoms with E-state index in [1.165, 1.54) is 0 Å². The lowest BCUT2D eigenvalue weighted by molar-refractivity contribution is -0.137. The molecule has 1 aromatic carbocycles. The first-order valence-electron chi connectivity index (χ1n) is 9.39. The number of thiazole rings is 1. The molecular formula is C20H27N3O3S. The molecule has 0 amide bonds. The second kappa shape index (κ2) is 9.82. The fraction of sp³-hybridized carbons (Fsp3) is 0.500. The molecule has 1 fully saturated rings. The number of carbonyl (C=O) groups is 1. The summed E-state index contributed by atoms with van der Waals surface area (Å²) in [5.41, 5.74) is 2.25. The van der Waals surface area contributed by atoms with Gasteiger partial charge in [0.2, 0.25) is 0 Å². The van der Waals surface area contributed by atoms with Gasteiger partial charge in [-0.1, -0.05) is 0 Å². The number of hydrogen-bond acceptors (Lipinski definition) is 6. The third-order valence-corrected chi connectivity index (χ3v) is 5.79. The highest BCUT2D eigenvalue weighted by atomic mass is 32.1. The normalized spacial score (nSPS) is 15.7. The van der Waals surface area contributed by atoms with E-state index in [1.54, 1.807) is 18.4 Å². The van der Waals surface area contributed by atoms with Crippen molar-refractivity contribution in [2.45, 2.75) is 25.8 Å². The van der Waals surface area contributed by atoms with Crippen LogP contribution in [0.2, 0.25) is 0 Å². The van der Waals surface area contributed by atoms with Gasteiger partial charge in [0.1, 0.15) is 10.8 Å². The van der Waals surface area contributed by atoms with E-state index in [0.29, 0.717) is 0 Å². The van der Waals surface area contributed by atoms with E-state index in [4.69, 9.17) is 14.8 Å². The lowest BCUT2D eigenvalue weighted by atomic mass is 10.2. The number of piperazine rings is 1. The summed E-state index contributed by atoms with van der Waals surface area (Å²) in [6, 6.07) is 8.02. The smallest absolute Gasteiger partial charge is 0.303 e. The van der Waals surface area contributed by atoms with E-state index in [2.05, 4.69) is 15.2 Å². The maximum atomic E-state index is 10.6. The Balaban J connectivity index is 1.43. The van der Waals surface area contributed by atoms with Crippen LogP contribution >= 0.6 is 11.3 Å². The van der Waals surface area contributed by atoms with Crippen LogP contribution in [0.5, 0.6) is 5.75 Å². The average Bonchev–Trinajstić information content (AvgIpc) is 3.15. The predicted molar refractivity (Wildman–Crippen MR) is 107 cm³/mol. The monoisotopic (exact) mass is 389 g/mol. The molecule has 1 aromatic heterocycles. The summed E-state index contributed by atoms with van der Waals surface area (Å²) in [6.07, 6.45) is 2.01. The molecule has 2 heterocycles. The van der Waals surface area contributed by atoms with Crippen molar-refractivity contribution in [2.24, 2.45) is 0 Å². The van der Waals surface area contributed by atoms with Gasteiger partial charge >= 0.3 is 5.97 Å². The standard InChI is InChI=1S/C20H27N3O3S/c1-26-18-7-5-16(6-8-18)20-21-17(15-27-20)14-23-12-10-22(11-13-23)9-3-2-4-19(24)25/h5-8,15H,2-4,9-14H2,1H3,(H,24,25). The highest BCUT2D eigenvalue weighted by Gasteiger charge is 2.17. The van der Waals surface area contributed by atoms with E-state index < -0.39 is 5.97 Å². The first-order chi connectivity index (χ1) is 13.1. The number of nitrogens with zero attached hydrogens (tertiary/aromatic N) is 3. The van der Waals surface area contributed by atoms with Gasteiger partial charge in [-0.25, -0.2) is 4.98 Å². The summed E-state index contributed by atoms with van der Waals surface area (Å²) < 4.78 is 5.21. The summed E-state index contributed by atoms with van der Waals surface area (Å²) in [5, 5.41) is 11.9. The number of methoxy groups -OCH3 is 1. The van der Waals surface area contributed by atoms with Crippen molar-refractivity contribution < 1.29 is 14.6 Å². The molecule has 1 saturated heterocycles. The molecule has 0 spiro atoms. The topological polar surface area (TPSA) is 65.9 Å². The Morgan fingerprint density at radius 3 is 2.52 bits per heavy atom. The van der Waals surface area contributed by atoms with E-state index in [9.17, 15) is 4.79 Å². The molecule has 1 N–H and O–H groups in total. The number of aromatic nitrogens is 1. The molecule has 6 nitrogen and oxygen atoms in total. The molecule has 0 saturated carbocycles. The Morgan fingerprint density at radius 1 is 1.15 bits per heavy atom. The molecule has 2 aromatic rings. The molecular weight excluding hydrogens is 362 g/mol. The maximum Gasteiger partial charge on any atom is 0.303 e. The van der Waals surface area contributed by atoms with Crippen LogP contribution in [0.15, 0.2) is 29.6 Å². The number of carboxylic acids is 1. The van der Waals surface area contributed by atoms with Gasteiger partial charge in [0.25, 0.3) is 0 Å². The Bertz CT molecular complexity index is 724. The largest absolute Gasteiger partial charge is 0.497 e. The summed E-state index contributed by atoms with van der Waals surface area (Å²) in [4.78, 5) is 20.2. The van der Waals surface area contributed by atoms with Crippen molar-refractivity contribution >= 4 is 17.3 Å². The van der Waals surface area contributed by atoms with Crippen LogP contribution in [0.25, 0.3) is 10.6 Å². The molecule has 146 valence electrons. The van der Waals surface area contributed by atoms with Crippen molar-refractivity contribution in [2.75, 3.05) is 39.8 Å². The third kappa shape index (κ3) is 6.02. The third-order valence-electron chi connectivity index (χ3n) is 4.85. The van der Waals surface area contributed by atoms with Crippen LogP contribution in [0.1, 0.15) is 25.0 Å². The zero-order chi connectivity index (χ0) is 19.1. The molecule has 0 radical (unpaired) electrons. The minimum Gasteiger partial charge on any atom is -0.497 e. The fourth-order valence-electron chi connectivity index (χ4n) is 3.26. The van der Waals surface area contributed by atoms with Crippen LogP contribution in [0.4, 0.5) is 0 Å². The number of ether oxygens (including phenoxy) is 1. The van der Waals surface area contributed by atoms with Gasteiger partial charge in [-0.05, 0) is 43.7 Å². The minimum atomic E-state index is -0.697. The Hall–Kier alpha value is -1.96. The van der Waals surface area contributed by atoms with Gasteiger partial charge in [-0.15, -0.1) is 11.3 Å². The number of hydrogen-bond donors (Lipinski definition) is 1. The van der Waals surface area contributed by atoms with Crippen LogP contribution < -0.4 is 4.74 Å². The number of rotatable bonds is 9. The van der Waals surface area contributed by atoms with Gasteiger partial charge in [-0.2, -0.15) is 0 Å². The highest BCUT2D eigenvalue weighted by molar-refractivity contribution is 7.13. The van der Waals surface area contributed by atoms with Crippen LogP contribution in [-0.4, -0.2) is 65.7 Å². The molecule has 0 atom stereocenters. The molecule has 7 heteroatoms. The van der Waals surface area contributed by atoms with Crippen molar-refractivity contribution in [1.82, 2.24) is 14.8 Å². The number of unbranched alkanes of at least 4 members (excludes halogenated alkanes) is 1. The highest BCUT2D eigenvalue weighted by Crippen LogP contribution is 2.26.